The molecule has 1 heterocycles. The fraction of sp³-hybridized carbons (Fsp3) is 0.429. The SMILES string of the molecule is C[C@]12CC/C(=N\N=C(N)N)C=C1CCC[C@@H]2c1cn(Cc2ccccc2)nn1. The third-order valence-electron chi connectivity index (χ3n) is 6.08. The van der Waals surface area contributed by atoms with Crippen LogP contribution in [0.2, 0.25) is 0 Å². The van der Waals surface area contributed by atoms with Gasteiger partial charge in [0.15, 0.2) is 0 Å². The quantitative estimate of drug-likeness (QED) is 0.485. The van der Waals surface area contributed by atoms with Crippen LogP contribution in [0.5, 0.6) is 0 Å². The van der Waals surface area contributed by atoms with Crippen molar-refractivity contribution in [1.29, 1.82) is 0 Å². The number of hydrogen-bond acceptors (Lipinski definition) is 4. The first-order chi connectivity index (χ1) is 13.5. The Balaban J connectivity index is 1.57. The fourth-order valence-corrected chi connectivity index (χ4v) is 4.55. The van der Waals surface area contributed by atoms with Crippen molar-refractivity contribution < 1.29 is 0 Å². The molecule has 146 valence electrons. The van der Waals surface area contributed by atoms with E-state index in [1.165, 1.54) is 11.1 Å². The Labute approximate surface area is 165 Å². The number of rotatable bonds is 4. The average Bonchev–Trinajstić information content (AvgIpc) is 3.14. The maximum absolute atomic E-state index is 5.41. The highest BCUT2D eigenvalue weighted by molar-refractivity contribution is 5.97. The van der Waals surface area contributed by atoms with Crippen molar-refractivity contribution in [2.24, 2.45) is 27.1 Å². The van der Waals surface area contributed by atoms with Crippen LogP contribution in [0.25, 0.3) is 0 Å². The second-order valence-corrected chi connectivity index (χ2v) is 7.97. The number of nitrogens with zero attached hydrogens (tertiary/aromatic N) is 5. The maximum Gasteiger partial charge on any atom is 0.211 e. The monoisotopic (exact) mass is 377 g/mol. The number of nitrogens with two attached hydrogens (primary N) is 2. The standard InChI is InChI=1S/C21H27N7/c1-21-11-10-17(24-26-20(22)23)12-16(21)8-5-9-18(21)19-14-28(27-25-19)13-15-6-3-2-4-7-15/h2-4,6-7,12,14,18H,5,8-11,13H2,1H3,(H4,22,23,26)/b24-17+/t18-,21+/m1/s1. The van der Waals surface area contributed by atoms with Crippen LogP contribution in [0.4, 0.5) is 0 Å². The summed E-state index contributed by atoms with van der Waals surface area (Å²) >= 11 is 0. The zero-order valence-electron chi connectivity index (χ0n) is 16.3. The lowest BCUT2D eigenvalue weighted by molar-refractivity contribution is 0.230. The van der Waals surface area contributed by atoms with Crippen molar-refractivity contribution in [3.63, 3.8) is 0 Å². The molecule has 2 atom stereocenters. The van der Waals surface area contributed by atoms with Crippen LogP contribution < -0.4 is 11.5 Å². The summed E-state index contributed by atoms with van der Waals surface area (Å²) in [7, 11) is 0. The van der Waals surface area contributed by atoms with Gasteiger partial charge in [-0.1, -0.05) is 48.0 Å². The van der Waals surface area contributed by atoms with Gasteiger partial charge in [0, 0.05) is 12.1 Å². The van der Waals surface area contributed by atoms with Crippen molar-refractivity contribution in [2.75, 3.05) is 0 Å². The highest BCUT2D eigenvalue weighted by atomic mass is 15.4. The lowest BCUT2D eigenvalue weighted by Gasteiger charge is -2.45. The van der Waals surface area contributed by atoms with E-state index in [9.17, 15) is 0 Å². The zero-order chi connectivity index (χ0) is 19.6. The molecule has 2 aliphatic carbocycles. The summed E-state index contributed by atoms with van der Waals surface area (Å²) < 4.78 is 1.94. The predicted octanol–water partition coefficient (Wildman–Crippen LogP) is 2.95. The Hall–Kier alpha value is -2.96. The molecular formula is C21H27N7. The van der Waals surface area contributed by atoms with Crippen molar-refractivity contribution in [1.82, 2.24) is 15.0 Å². The third-order valence-corrected chi connectivity index (χ3v) is 6.08. The Kier molecular flexibility index (Phi) is 4.98. The fourth-order valence-electron chi connectivity index (χ4n) is 4.55. The van der Waals surface area contributed by atoms with Gasteiger partial charge in [-0.05, 0) is 49.2 Å². The summed E-state index contributed by atoms with van der Waals surface area (Å²) in [6, 6.07) is 10.4. The minimum absolute atomic E-state index is 0.00390. The molecule has 4 rings (SSSR count). The molecule has 0 aliphatic heterocycles. The topological polar surface area (TPSA) is 107 Å². The highest BCUT2D eigenvalue weighted by Gasteiger charge is 2.43. The van der Waals surface area contributed by atoms with Crippen molar-refractivity contribution in [3.8, 4) is 0 Å². The molecule has 0 radical (unpaired) electrons. The van der Waals surface area contributed by atoms with Gasteiger partial charge < -0.3 is 11.5 Å². The van der Waals surface area contributed by atoms with E-state index in [2.05, 4.69) is 64.0 Å². The molecule has 2 aromatic rings. The Bertz CT molecular complexity index is 921. The smallest absolute Gasteiger partial charge is 0.211 e. The van der Waals surface area contributed by atoms with Crippen molar-refractivity contribution in [3.05, 3.63) is 59.4 Å². The zero-order valence-corrected chi connectivity index (χ0v) is 16.3. The normalized spacial score (nSPS) is 25.8. The van der Waals surface area contributed by atoms with Gasteiger partial charge in [-0.15, -0.1) is 10.2 Å². The molecule has 1 fully saturated rings. The first-order valence-electron chi connectivity index (χ1n) is 9.85. The number of allylic oxidation sites excluding steroid dienone is 2. The summed E-state index contributed by atoms with van der Waals surface area (Å²) in [5, 5.41) is 17.0. The van der Waals surface area contributed by atoms with E-state index in [0.717, 1.165) is 50.1 Å². The van der Waals surface area contributed by atoms with Crippen LogP contribution in [0.3, 0.4) is 0 Å². The van der Waals surface area contributed by atoms with Gasteiger partial charge in [-0.2, -0.15) is 5.10 Å². The molecule has 0 bridgehead atoms. The molecule has 0 spiro atoms. The Morgan fingerprint density at radius 3 is 2.86 bits per heavy atom. The van der Waals surface area contributed by atoms with Crippen molar-refractivity contribution >= 4 is 11.7 Å². The molecule has 1 aromatic heterocycles. The third kappa shape index (κ3) is 3.69. The maximum atomic E-state index is 5.41. The van der Waals surface area contributed by atoms with Crippen LogP contribution >= 0.6 is 0 Å². The van der Waals surface area contributed by atoms with Gasteiger partial charge in [0.1, 0.15) is 0 Å². The van der Waals surface area contributed by atoms with E-state index >= 15 is 0 Å². The van der Waals surface area contributed by atoms with E-state index in [1.807, 2.05) is 10.7 Å². The molecular weight excluding hydrogens is 350 g/mol. The summed E-state index contributed by atoms with van der Waals surface area (Å²) in [5.74, 6) is 0.373. The molecule has 0 amide bonds. The first kappa shape index (κ1) is 18.4. The van der Waals surface area contributed by atoms with Gasteiger partial charge in [0.2, 0.25) is 5.96 Å². The number of aromatic nitrogens is 3. The summed E-state index contributed by atoms with van der Waals surface area (Å²) in [4.78, 5) is 0. The minimum Gasteiger partial charge on any atom is -0.369 e. The molecule has 0 saturated heterocycles. The minimum atomic E-state index is -0.00390. The number of benzene rings is 1. The first-order valence-corrected chi connectivity index (χ1v) is 9.85. The molecule has 7 heteroatoms. The lowest BCUT2D eigenvalue weighted by atomic mass is 9.59. The van der Waals surface area contributed by atoms with E-state index in [1.54, 1.807) is 0 Å². The molecule has 0 unspecified atom stereocenters. The molecule has 7 nitrogen and oxygen atoms in total. The molecule has 4 N–H and O–H groups in total. The summed E-state index contributed by atoms with van der Waals surface area (Å²) in [6.45, 7) is 3.10. The van der Waals surface area contributed by atoms with Crippen LogP contribution in [0, 0.1) is 5.41 Å². The number of fused-ring (bicyclic) bond motifs is 1. The van der Waals surface area contributed by atoms with Gasteiger partial charge in [0.05, 0.1) is 18.0 Å². The van der Waals surface area contributed by atoms with E-state index in [0.29, 0.717) is 5.92 Å². The van der Waals surface area contributed by atoms with Gasteiger partial charge in [-0.3, -0.25) is 0 Å². The number of hydrogen-bond donors (Lipinski definition) is 2. The molecule has 2 aliphatic rings. The van der Waals surface area contributed by atoms with E-state index in [4.69, 9.17) is 11.5 Å². The second kappa shape index (κ2) is 7.58. The largest absolute Gasteiger partial charge is 0.369 e. The van der Waals surface area contributed by atoms with Gasteiger partial charge in [-0.25, -0.2) is 4.68 Å². The number of guanidine groups is 1. The predicted molar refractivity (Wildman–Crippen MR) is 111 cm³/mol. The average molecular weight is 377 g/mol. The van der Waals surface area contributed by atoms with E-state index < -0.39 is 0 Å². The molecule has 1 saturated carbocycles. The van der Waals surface area contributed by atoms with Crippen LogP contribution in [0.15, 0.2) is 58.4 Å². The highest BCUT2D eigenvalue weighted by Crippen LogP contribution is 2.54. The Morgan fingerprint density at radius 1 is 1.25 bits per heavy atom. The summed E-state index contributed by atoms with van der Waals surface area (Å²) in [6.07, 6.45) is 9.57. The van der Waals surface area contributed by atoms with Crippen molar-refractivity contribution in [2.45, 2.75) is 51.5 Å². The van der Waals surface area contributed by atoms with Gasteiger partial charge >= 0.3 is 0 Å². The summed E-state index contributed by atoms with van der Waals surface area (Å²) in [5.41, 5.74) is 15.6. The van der Waals surface area contributed by atoms with E-state index in [-0.39, 0.29) is 11.4 Å². The van der Waals surface area contributed by atoms with Crippen LogP contribution in [0.1, 0.15) is 56.2 Å². The van der Waals surface area contributed by atoms with Crippen LogP contribution in [-0.2, 0) is 6.54 Å². The van der Waals surface area contributed by atoms with Gasteiger partial charge in [0.25, 0.3) is 0 Å². The Morgan fingerprint density at radius 2 is 2.07 bits per heavy atom. The molecule has 1 aromatic carbocycles. The second-order valence-electron chi connectivity index (χ2n) is 7.97. The van der Waals surface area contributed by atoms with Crippen LogP contribution in [-0.4, -0.2) is 26.7 Å². The lowest BCUT2D eigenvalue weighted by Crippen LogP contribution is -2.35. The molecule has 28 heavy (non-hydrogen) atoms.